The molecule has 0 unspecified atom stereocenters. The van der Waals surface area contributed by atoms with Crippen LogP contribution in [0.5, 0.6) is 0 Å². The van der Waals surface area contributed by atoms with Gasteiger partial charge >= 0.3 is 0 Å². The number of nitrogens with zero attached hydrogens (tertiary/aromatic N) is 2. The standard InChI is InChI=1S/C10H18N2/c1-4-6-7-12-9(3)10(5-2)8-11-12/h8H,4-7H2,1-3H3. The minimum absolute atomic E-state index is 1.07. The third-order valence-electron chi connectivity index (χ3n) is 2.31. The molecule has 0 radical (unpaired) electrons. The van der Waals surface area contributed by atoms with E-state index in [4.69, 9.17) is 0 Å². The van der Waals surface area contributed by atoms with E-state index in [1.165, 1.54) is 24.1 Å². The van der Waals surface area contributed by atoms with Crippen LogP contribution in [-0.4, -0.2) is 9.78 Å². The van der Waals surface area contributed by atoms with E-state index in [0.717, 1.165) is 13.0 Å². The summed E-state index contributed by atoms with van der Waals surface area (Å²) in [5, 5.41) is 4.34. The first-order chi connectivity index (χ1) is 5.79. The highest BCUT2D eigenvalue weighted by atomic mass is 15.3. The average molecular weight is 166 g/mol. The van der Waals surface area contributed by atoms with Gasteiger partial charge in [0.25, 0.3) is 0 Å². The molecule has 0 aliphatic carbocycles. The van der Waals surface area contributed by atoms with Crippen LogP contribution in [0.15, 0.2) is 6.20 Å². The van der Waals surface area contributed by atoms with E-state index in [-0.39, 0.29) is 0 Å². The van der Waals surface area contributed by atoms with Crippen molar-refractivity contribution in [1.29, 1.82) is 0 Å². The largest absolute Gasteiger partial charge is 0.270 e. The molecule has 1 aromatic heterocycles. The number of aromatic nitrogens is 2. The molecule has 2 heteroatoms. The topological polar surface area (TPSA) is 17.8 Å². The van der Waals surface area contributed by atoms with Gasteiger partial charge in [-0.15, -0.1) is 0 Å². The van der Waals surface area contributed by atoms with Crippen molar-refractivity contribution in [3.8, 4) is 0 Å². The van der Waals surface area contributed by atoms with E-state index in [0.29, 0.717) is 0 Å². The molecule has 1 aromatic rings. The maximum atomic E-state index is 4.34. The molecular weight excluding hydrogens is 148 g/mol. The predicted molar refractivity (Wildman–Crippen MR) is 51.3 cm³/mol. The second-order valence-electron chi connectivity index (χ2n) is 3.19. The molecule has 1 rings (SSSR count). The highest BCUT2D eigenvalue weighted by Crippen LogP contribution is 2.08. The van der Waals surface area contributed by atoms with Gasteiger partial charge in [0.1, 0.15) is 0 Å². The molecule has 12 heavy (non-hydrogen) atoms. The normalized spacial score (nSPS) is 10.6. The monoisotopic (exact) mass is 166 g/mol. The fourth-order valence-electron chi connectivity index (χ4n) is 1.37. The lowest BCUT2D eigenvalue weighted by Gasteiger charge is -2.02. The van der Waals surface area contributed by atoms with E-state index in [2.05, 4.69) is 30.6 Å². The van der Waals surface area contributed by atoms with Crippen LogP contribution in [0, 0.1) is 6.92 Å². The third-order valence-corrected chi connectivity index (χ3v) is 2.31. The van der Waals surface area contributed by atoms with E-state index >= 15 is 0 Å². The molecule has 68 valence electrons. The SMILES string of the molecule is CCCCn1ncc(CC)c1C. The highest BCUT2D eigenvalue weighted by Gasteiger charge is 2.02. The zero-order valence-corrected chi connectivity index (χ0v) is 8.30. The van der Waals surface area contributed by atoms with Crippen molar-refractivity contribution < 1.29 is 0 Å². The Bertz CT molecular complexity index is 238. The zero-order chi connectivity index (χ0) is 8.97. The molecule has 0 fully saturated rings. The van der Waals surface area contributed by atoms with Crippen LogP contribution in [0.3, 0.4) is 0 Å². The third kappa shape index (κ3) is 1.87. The Labute approximate surface area is 74.6 Å². The van der Waals surface area contributed by atoms with E-state index in [9.17, 15) is 0 Å². The Morgan fingerprint density at radius 3 is 2.67 bits per heavy atom. The number of rotatable bonds is 4. The summed E-state index contributed by atoms with van der Waals surface area (Å²) in [5.74, 6) is 0. The lowest BCUT2D eigenvalue weighted by atomic mass is 10.2. The van der Waals surface area contributed by atoms with E-state index in [1.54, 1.807) is 0 Å². The van der Waals surface area contributed by atoms with Crippen molar-refractivity contribution in [3.05, 3.63) is 17.5 Å². The first-order valence-corrected chi connectivity index (χ1v) is 4.80. The quantitative estimate of drug-likeness (QED) is 0.672. The molecule has 0 amide bonds. The maximum Gasteiger partial charge on any atom is 0.0524 e. The summed E-state index contributed by atoms with van der Waals surface area (Å²) in [7, 11) is 0. The molecular formula is C10H18N2. The van der Waals surface area contributed by atoms with Gasteiger partial charge in [-0.2, -0.15) is 5.10 Å². The van der Waals surface area contributed by atoms with Gasteiger partial charge in [0, 0.05) is 12.2 Å². The summed E-state index contributed by atoms with van der Waals surface area (Å²) in [6.45, 7) is 7.61. The van der Waals surface area contributed by atoms with Crippen LogP contribution in [0.25, 0.3) is 0 Å². The van der Waals surface area contributed by atoms with Crippen molar-refractivity contribution in [2.45, 2.75) is 46.6 Å². The Morgan fingerprint density at radius 2 is 2.17 bits per heavy atom. The molecule has 0 aliphatic rings. The summed E-state index contributed by atoms with van der Waals surface area (Å²) < 4.78 is 2.11. The molecule has 0 bridgehead atoms. The van der Waals surface area contributed by atoms with Crippen molar-refractivity contribution >= 4 is 0 Å². The number of unbranched alkanes of at least 4 members (excludes halogenated alkanes) is 1. The van der Waals surface area contributed by atoms with Crippen LogP contribution < -0.4 is 0 Å². The summed E-state index contributed by atoms with van der Waals surface area (Å²) in [6, 6.07) is 0. The van der Waals surface area contributed by atoms with Crippen LogP contribution in [0.1, 0.15) is 37.9 Å². The molecule has 0 spiro atoms. The summed E-state index contributed by atoms with van der Waals surface area (Å²) in [4.78, 5) is 0. The van der Waals surface area contributed by atoms with Crippen molar-refractivity contribution in [1.82, 2.24) is 9.78 Å². The van der Waals surface area contributed by atoms with Crippen LogP contribution >= 0.6 is 0 Å². The fraction of sp³-hybridized carbons (Fsp3) is 0.700. The lowest BCUT2D eigenvalue weighted by molar-refractivity contribution is 0.558. The number of hydrogen-bond donors (Lipinski definition) is 0. The van der Waals surface area contributed by atoms with E-state index in [1.807, 2.05) is 6.20 Å². The minimum Gasteiger partial charge on any atom is -0.270 e. The molecule has 2 nitrogen and oxygen atoms in total. The Hall–Kier alpha value is -0.790. The van der Waals surface area contributed by atoms with Gasteiger partial charge in [-0.3, -0.25) is 4.68 Å². The molecule has 0 N–H and O–H groups in total. The highest BCUT2D eigenvalue weighted by molar-refractivity contribution is 5.15. The van der Waals surface area contributed by atoms with Crippen molar-refractivity contribution in [2.75, 3.05) is 0 Å². The lowest BCUT2D eigenvalue weighted by Crippen LogP contribution is -2.02. The molecule has 0 atom stereocenters. The molecule has 1 heterocycles. The van der Waals surface area contributed by atoms with Gasteiger partial charge in [-0.25, -0.2) is 0 Å². The van der Waals surface area contributed by atoms with Gasteiger partial charge in [0.15, 0.2) is 0 Å². The molecule has 0 saturated heterocycles. The Kier molecular flexibility index (Phi) is 3.32. The first-order valence-electron chi connectivity index (χ1n) is 4.80. The van der Waals surface area contributed by atoms with Gasteiger partial charge in [-0.05, 0) is 25.3 Å². The van der Waals surface area contributed by atoms with E-state index < -0.39 is 0 Å². The fourth-order valence-corrected chi connectivity index (χ4v) is 1.37. The van der Waals surface area contributed by atoms with Crippen LogP contribution in [0.4, 0.5) is 0 Å². The van der Waals surface area contributed by atoms with Crippen molar-refractivity contribution in [3.63, 3.8) is 0 Å². The molecule has 0 saturated carbocycles. The summed E-state index contributed by atoms with van der Waals surface area (Å²) in [5.41, 5.74) is 2.72. The average Bonchev–Trinajstić information content (AvgIpc) is 2.43. The van der Waals surface area contributed by atoms with Gasteiger partial charge in [0.2, 0.25) is 0 Å². The van der Waals surface area contributed by atoms with Crippen molar-refractivity contribution in [2.24, 2.45) is 0 Å². The Morgan fingerprint density at radius 1 is 1.42 bits per heavy atom. The summed E-state index contributed by atoms with van der Waals surface area (Å²) in [6.07, 6.45) is 5.55. The number of hydrogen-bond acceptors (Lipinski definition) is 1. The summed E-state index contributed by atoms with van der Waals surface area (Å²) >= 11 is 0. The second kappa shape index (κ2) is 4.29. The predicted octanol–water partition coefficient (Wildman–Crippen LogP) is 2.55. The zero-order valence-electron chi connectivity index (χ0n) is 8.30. The molecule has 0 aromatic carbocycles. The number of aryl methyl sites for hydroxylation is 2. The smallest absolute Gasteiger partial charge is 0.0524 e. The first kappa shape index (κ1) is 9.30. The van der Waals surface area contributed by atoms with Gasteiger partial charge in [-0.1, -0.05) is 20.3 Å². The van der Waals surface area contributed by atoms with Crippen LogP contribution in [-0.2, 0) is 13.0 Å². The molecule has 0 aliphatic heterocycles. The Balaban J connectivity index is 2.66. The minimum atomic E-state index is 1.07. The van der Waals surface area contributed by atoms with Gasteiger partial charge in [0.05, 0.1) is 6.20 Å². The van der Waals surface area contributed by atoms with Gasteiger partial charge < -0.3 is 0 Å². The maximum absolute atomic E-state index is 4.34. The van der Waals surface area contributed by atoms with Crippen LogP contribution in [0.2, 0.25) is 0 Å². The second-order valence-corrected chi connectivity index (χ2v) is 3.19.